The van der Waals surface area contributed by atoms with Gasteiger partial charge in [0.15, 0.2) is 5.16 Å². The maximum Gasteiger partial charge on any atom is 0.234 e. The van der Waals surface area contributed by atoms with E-state index in [2.05, 4.69) is 31.2 Å². The van der Waals surface area contributed by atoms with Crippen LogP contribution in [0.25, 0.3) is 11.3 Å². The Morgan fingerprint density at radius 2 is 1.88 bits per heavy atom. The normalized spacial score (nSPS) is 10.5. The van der Waals surface area contributed by atoms with Crippen molar-refractivity contribution in [2.45, 2.75) is 5.16 Å². The van der Waals surface area contributed by atoms with Crippen LogP contribution in [0.5, 0.6) is 0 Å². The monoisotopic (exact) mass is 417 g/mol. The van der Waals surface area contributed by atoms with Gasteiger partial charge in [0.2, 0.25) is 5.91 Å². The smallest absolute Gasteiger partial charge is 0.234 e. The van der Waals surface area contributed by atoms with E-state index in [1.165, 1.54) is 23.9 Å². The van der Waals surface area contributed by atoms with Crippen molar-refractivity contribution in [3.8, 4) is 11.3 Å². The molecule has 1 aromatic heterocycles. The Labute approximate surface area is 157 Å². The number of carbonyl (C=O) groups is 1. The SMILES string of the molecule is O=C(CSc1nccc(-c2ccc(F)cc2)n1)Nc1ccccc1Br. The number of benzene rings is 2. The van der Waals surface area contributed by atoms with E-state index in [0.29, 0.717) is 16.5 Å². The lowest BCUT2D eigenvalue weighted by Gasteiger charge is -2.07. The van der Waals surface area contributed by atoms with Crippen LogP contribution in [-0.4, -0.2) is 21.6 Å². The molecule has 7 heteroatoms. The summed E-state index contributed by atoms with van der Waals surface area (Å²) in [4.78, 5) is 20.7. The van der Waals surface area contributed by atoms with Crippen LogP contribution in [0.4, 0.5) is 10.1 Å². The Balaban J connectivity index is 1.63. The first-order valence-electron chi connectivity index (χ1n) is 7.38. The van der Waals surface area contributed by atoms with Gasteiger partial charge < -0.3 is 5.32 Å². The number of carbonyl (C=O) groups excluding carboxylic acids is 1. The molecule has 1 amide bonds. The molecule has 4 nitrogen and oxygen atoms in total. The van der Waals surface area contributed by atoms with Gasteiger partial charge in [-0.3, -0.25) is 4.79 Å². The van der Waals surface area contributed by atoms with Crippen molar-refractivity contribution in [2.75, 3.05) is 11.1 Å². The van der Waals surface area contributed by atoms with E-state index in [9.17, 15) is 9.18 Å². The molecule has 0 unspecified atom stereocenters. The second kappa shape index (κ2) is 8.22. The third-order valence-electron chi connectivity index (χ3n) is 3.25. The van der Waals surface area contributed by atoms with E-state index >= 15 is 0 Å². The van der Waals surface area contributed by atoms with Crippen molar-refractivity contribution in [3.05, 3.63) is 71.1 Å². The minimum absolute atomic E-state index is 0.146. The summed E-state index contributed by atoms with van der Waals surface area (Å²) in [5, 5.41) is 3.32. The Kier molecular flexibility index (Phi) is 5.78. The summed E-state index contributed by atoms with van der Waals surface area (Å²) in [5.74, 6) is -0.252. The molecule has 0 aliphatic heterocycles. The molecule has 0 fully saturated rings. The fourth-order valence-corrected chi connectivity index (χ4v) is 3.09. The molecule has 1 heterocycles. The summed E-state index contributed by atoms with van der Waals surface area (Å²) < 4.78 is 13.8. The molecule has 0 spiro atoms. The number of nitrogens with zero attached hydrogens (tertiary/aromatic N) is 2. The average molecular weight is 418 g/mol. The third-order valence-corrected chi connectivity index (χ3v) is 4.81. The highest BCUT2D eigenvalue weighted by Crippen LogP contribution is 2.23. The van der Waals surface area contributed by atoms with Crippen LogP contribution in [0.3, 0.4) is 0 Å². The molecule has 2 aromatic carbocycles. The van der Waals surface area contributed by atoms with E-state index in [1.54, 1.807) is 24.4 Å². The molecule has 0 atom stereocenters. The third kappa shape index (κ3) is 4.87. The van der Waals surface area contributed by atoms with Crippen molar-refractivity contribution in [2.24, 2.45) is 0 Å². The number of amides is 1. The van der Waals surface area contributed by atoms with Gasteiger partial charge in [0.25, 0.3) is 0 Å². The molecule has 1 N–H and O–H groups in total. The number of aromatic nitrogens is 2. The molecule has 0 saturated carbocycles. The topological polar surface area (TPSA) is 54.9 Å². The van der Waals surface area contributed by atoms with Crippen LogP contribution in [0.2, 0.25) is 0 Å². The molecule has 0 aliphatic carbocycles. The highest BCUT2D eigenvalue weighted by atomic mass is 79.9. The molecular weight excluding hydrogens is 405 g/mol. The fraction of sp³-hybridized carbons (Fsp3) is 0.0556. The molecule has 3 aromatic rings. The molecule has 126 valence electrons. The van der Waals surface area contributed by atoms with Crippen LogP contribution in [0.1, 0.15) is 0 Å². The van der Waals surface area contributed by atoms with Gasteiger partial charge in [-0.15, -0.1) is 0 Å². The predicted octanol–water partition coefficient (Wildman–Crippen LogP) is 4.78. The Hall–Kier alpha value is -2.25. The molecule has 25 heavy (non-hydrogen) atoms. The summed E-state index contributed by atoms with van der Waals surface area (Å²) in [6, 6.07) is 15.2. The minimum atomic E-state index is -0.295. The van der Waals surface area contributed by atoms with Gasteiger partial charge >= 0.3 is 0 Å². The number of hydrogen-bond donors (Lipinski definition) is 1. The van der Waals surface area contributed by atoms with Crippen molar-refractivity contribution in [1.29, 1.82) is 0 Å². The summed E-state index contributed by atoms with van der Waals surface area (Å²) in [6.45, 7) is 0. The fourth-order valence-electron chi connectivity index (χ4n) is 2.07. The van der Waals surface area contributed by atoms with Gasteiger partial charge in [-0.2, -0.15) is 0 Å². The molecular formula is C18H13BrFN3OS. The number of halogens is 2. The lowest BCUT2D eigenvalue weighted by molar-refractivity contribution is -0.113. The molecule has 0 aliphatic rings. The number of rotatable bonds is 5. The summed E-state index contributed by atoms with van der Waals surface area (Å²) >= 11 is 4.63. The van der Waals surface area contributed by atoms with E-state index in [1.807, 2.05) is 24.3 Å². The summed E-state index contributed by atoms with van der Waals surface area (Å²) in [6.07, 6.45) is 1.62. The molecule has 0 saturated heterocycles. The second-order valence-corrected chi connectivity index (χ2v) is 6.84. The van der Waals surface area contributed by atoms with Crippen LogP contribution in [-0.2, 0) is 4.79 Å². The van der Waals surface area contributed by atoms with Gasteiger partial charge in [-0.05, 0) is 58.4 Å². The number of thioether (sulfide) groups is 1. The van der Waals surface area contributed by atoms with Gasteiger partial charge in [0.1, 0.15) is 5.82 Å². The zero-order valence-electron chi connectivity index (χ0n) is 12.9. The van der Waals surface area contributed by atoms with Crippen LogP contribution >= 0.6 is 27.7 Å². The molecule has 0 bridgehead atoms. The second-order valence-electron chi connectivity index (χ2n) is 5.05. The highest BCUT2D eigenvalue weighted by molar-refractivity contribution is 9.10. The van der Waals surface area contributed by atoms with Crippen molar-refractivity contribution < 1.29 is 9.18 Å². The largest absolute Gasteiger partial charge is 0.324 e. The standard InChI is InChI=1S/C18H13BrFN3OS/c19-14-3-1-2-4-16(14)22-17(24)11-25-18-21-10-9-15(23-18)12-5-7-13(20)8-6-12/h1-10H,11H2,(H,22,24). The quantitative estimate of drug-likeness (QED) is 0.479. The summed E-state index contributed by atoms with van der Waals surface area (Å²) in [7, 11) is 0. The Morgan fingerprint density at radius 1 is 1.12 bits per heavy atom. The van der Waals surface area contributed by atoms with Gasteiger partial charge in [0, 0.05) is 16.2 Å². The van der Waals surface area contributed by atoms with Crippen LogP contribution in [0, 0.1) is 5.82 Å². The van der Waals surface area contributed by atoms with E-state index in [0.717, 1.165) is 10.0 Å². The first-order chi connectivity index (χ1) is 12.1. The van der Waals surface area contributed by atoms with E-state index in [4.69, 9.17) is 0 Å². The number of anilines is 1. The van der Waals surface area contributed by atoms with Crippen LogP contribution in [0.15, 0.2) is 70.4 Å². The lowest BCUT2D eigenvalue weighted by atomic mass is 10.1. The zero-order chi connectivity index (χ0) is 17.6. The number of para-hydroxylation sites is 1. The van der Waals surface area contributed by atoms with E-state index < -0.39 is 0 Å². The van der Waals surface area contributed by atoms with Crippen LogP contribution < -0.4 is 5.32 Å². The maximum atomic E-state index is 13.0. The number of nitrogens with one attached hydrogen (secondary N) is 1. The lowest BCUT2D eigenvalue weighted by Crippen LogP contribution is -2.14. The zero-order valence-corrected chi connectivity index (χ0v) is 15.3. The first-order valence-corrected chi connectivity index (χ1v) is 9.16. The van der Waals surface area contributed by atoms with Gasteiger partial charge in [-0.1, -0.05) is 23.9 Å². The Morgan fingerprint density at radius 3 is 2.64 bits per heavy atom. The Bertz CT molecular complexity index is 889. The minimum Gasteiger partial charge on any atom is -0.324 e. The van der Waals surface area contributed by atoms with Crippen molar-refractivity contribution in [3.63, 3.8) is 0 Å². The van der Waals surface area contributed by atoms with E-state index in [-0.39, 0.29) is 17.5 Å². The highest BCUT2D eigenvalue weighted by Gasteiger charge is 2.08. The molecule has 3 rings (SSSR count). The molecule has 0 radical (unpaired) electrons. The van der Waals surface area contributed by atoms with Gasteiger partial charge in [-0.25, -0.2) is 14.4 Å². The summed E-state index contributed by atoms with van der Waals surface area (Å²) in [5.41, 5.74) is 2.20. The van der Waals surface area contributed by atoms with Gasteiger partial charge in [0.05, 0.1) is 17.1 Å². The number of hydrogen-bond acceptors (Lipinski definition) is 4. The predicted molar refractivity (Wildman–Crippen MR) is 101 cm³/mol. The van der Waals surface area contributed by atoms with Crippen molar-refractivity contribution >= 4 is 39.3 Å². The first kappa shape index (κ1) is 17.6. The maximum absolute atomic E-state index is 13.0. The average Bonchev–Trinajstić information content (AvgIpc) is 2.63. The van der Waals surface area contributed by atoms with Crippen molar-refractivity contribution in [1.82, 2.24) is 9.97 Å².